The number of amides is 2. The van der Waals surface area contributed by atoms with E-state index in [0.29, 0.717) is 18.6 Å². The molecule has 0 fully saturated rings. The lowest BCUT2D eigenvalue weighted by Gasteiger charge is -2.43. The Labute approximate surface area is 311 Å². The second-order valence-electron chi connectivity index (χ2n) is 13.2. The third-order valence-electron chi connectivity index (χ3n) is 9.88. The molecule has 0 bridgehead atoms. The van der Waals surface area contributed by atoms with Crippen molar-refractivity contribution < 1.29 is 23.9 Å². The number of ether oxygens (including phenoxy) is 2. The van der Waals surface area contributed by atoms with E-state index in [9.17, 15) is 4.79 Å². The Morgan fingerprint density at radius 2 is 1.26 bits per heavy atom. The van der Waals surface area contributed by atoms with Crippen LogP contribution in [-0.4, -0.2) is 60.2 Å². The number of esters is 1. The van der Waals surface area contributed by atoms with Crippen molar-refractivity contribution in [1.82, 2.24) is 15.3 Å². The number of carbonyl (C=O) groups is 3. The van der Waals surface area contributed by atoms with Crippen LogP contribution in [0.2, 0.25) is 0 Å². The van der Waals surface area contributed by atoms with Crippen molar-refractivity contribution in [2.75, 3.05) is 26.9 Å². The summed E-state index contributed by atoms with van der Waals surface area (Å²) in [4.78, 5) is 45.5. The van der Waals surface area contributed by atoms with Gasteiger partial charge in [0.15, 0.2) is 6.61 Å². The molecule has 272 valence electrons. The van der Waals surface area contributed by atoms with Gasteiger partial charge in [0.25, 0.3) is 11.8 Å². The number of rotatable bonds is 16. The summed E-state index contributed by atoms with van der Waals surface area (Å²) in [6.45, 7) is 1.25. The van der Waals surface area contributed by atoms with Crippen molar-refractivity contribution >= 4 is 17.8 Å². The molecule has 0 aromatic heterocycles. The molecule has 0 heterocycles. The average molecular weight is 711 g/mol. The van der Waals surface area contributed by atoms with Gasteiger partial charge in [-0.05, 0) is 51.9 Å². The Balaban J connectivity index is 1.39. The molecule has 1 atom stereocenters. The highest BCUT2D eigenvalue weighted by Crippen LogP contribution is 2.45. The fourth-order valence-electron chi connectivity index (χ4n) is 7.27. The number of hydrogen-bond donors (Lipinski definition) is 2. The van der Waals surface area contributed by atoms with Crippen LogP contribution in [0.25, 0.3) is 11.1 Å². The van der Waals surface area contributed by atoms with Crippen molar-refractivity contribution in [2.45, 2.75) is 43.7 Å². The minimum atomic E-state index is -2.03. The van der Waals surface area contributed by atoms with E-state index in [0.717, 1.165) is 33.4 Å². The maximum atomic E-state index is 15.4. The van der Waals surface area contributed by atoms with Crippen molar-refractivity contribution in [3.8, 4) is 16.9 Å². The summed E-state index contributed by atoms with van der Waals surface area (Å²) < 4.78 is 12.0. The first kappa shape index (κ1) is 37.0. The van der Waals surface area contributed by atoms with Crippen molar-refractivity contribution in [1.29, 1.82) is 0 Å². The molecule has 9 nitrogen and oxygen atoms in total. The standard InChI is InChI=1S/C44H46N4O5/c1-3-4-28-44(48(31-45)46-40(49)30-52-34-22-12-7-13-23-34,42(50)47(2)41(32-18-8-5-9-19-32)33-20-10-6-11-21-33)43(51)53-29-39-37-26-16-14-24-35(37)36-25-15-17-27-38(36)39/h5-27,39,41H,3-4,28-31,45H2,1-2H3,(H,46,49)/t44-/m0/s1. The van der Waals surface area contributed by atoms with Gasteiger partial charge < -0.3 is 20.1 Å². The predicted octanol–water partition coefficient (Wildman–Crippen LogP) is 6.85. The van der Waals surface area contributed by atoms with Crippen molar-refractivity contribution in [3.05, 3.63) is 162 Å². The highest BCUT2D eigenvalue weighted by Gasteiger charge is 2.55. The molecule has 0 radical (unpaired) electrons. The van der Waals surface area contributed by atoms with E-state index in [2.05, 4.69) is 17.6 Å². The molecule has 9 heteroatoms. The summed E-state index contributed by atoms with van der Waals surface area (Å²) in [5.41, 5.74) is 13.1. The molecular formula is C44H46N4O5. The number of hydrazine groups is 1. The minimum absolute atomic E-state index is 0.0119. The van der Waals surface area contributed by atoms with E-state index in [4.69, 9.17) is 15.2 Å². The molecule has 3 N–H and O–H groups in total. The third-order valence-corrected chi connectivity index (χ3v) is 9.88. The molecule has 2 amide bonds. The van der Waals surface area contributed by atoms with Gasteiger partial charge in [0.2, 0.25) is 5.54 Å². The maximum Gasteiger partial charge on any atom is 0.338 e. The molecule has 0 aliphatic heterocycles. The highest BCUT2D eigenvalue weighted by molar-refractivity contribution is 6.08. The largest absolute Gasteiger partial charge is 0.484 e. The van der Waals surface area contributed by atoms with E-state index >= 15 is 9.59 Å². The number of carbonyl (C=O) groups excluding carboxylic acids is 3. The van der Waals surface area contributed by atoms with Gasteiger partial charge in [0.05, 0.1) is 12.7 Å². The monoisotopic (exact) mass is 710 g/mol. The van der Waals surface area contributed by atoms with E-state index < -0.39 is 29.4 Å². The molecule has 53 heavy (non-hydrogen) atoms. The van der Waals surface area contributed by atoms with Crippen LogP contribution in [0.5, 0.6) is 5.75 Å². The van der Waals surface area contributed by atoms with Crippen LogP contribution in [0.4, 0.5) is 0 Å². The number of nitrogens with two attached hydrogens (primary N) is 1. The lowest BCUT2D eigenvalue weighted by molar-refractivity contribution is -0.174. The lowest BCUT2D eigenvalue weighted by Crippen LogP contribution is -2.70. The fourth-order valence-corrected chi connectivity index (χ4v) is 7.27. The van der Waals surface area contributed by atoms with E-state index in [1.807, 2.05) is 110 Å². The molecule has 0 saturated heterocycles. The predicted molar refractivity (Wildman–Crippen MR) is 205 cm³/mol. The second-order valence-corrected chi connectivity index (χ2v) is 13.2. The number of nitrogens with one attached hydrogen (secondary N) is 1. The number of benzene rings is 5. The molecule has 0 saturated carbocycles. The average Bonchev–Trinajstić information content (AvgIpc) is 3.53. The molecule has 5 aromatic rings. The van der Waals surface area contributed by atoms with Gasteiger partial charge >= 0.3 is 5.97 Å². The SMILES string of the molecule is CCCC[C@@](C(=O)OCC1c2ccccc2-c2ccccc21)(C(=O)N(C)C(c1ccccc1)c1ccccc1)N(CN)NC(=O)COc1ccccc1. The van der Waals surface area contributed by atoms with Crippen molar-refractivity contribution in [3.63, 3.8) is 0 Å². The van der Waals surface area contributed by atoms with Crippen molar-refractivity contribution in [2.24, 2.45) is 5.73 Å². The van der Waals surface area contributed by atoms with Gasteiger partial charge in [-0.25, -0.2) is 4.79 Å². The summed E-state index contributed by atoms with van der Waals surface area (Å²) in [6, 6.07) is 43.8. The van der Waals surface area contributed by atoms with Gasteiger partial charge in [0, 0.05) is 13.0 Å². The Hall–Kier alpha value is -5.77. The zero-order valence-electron chi connectivity index (χ0n) is 30.2. The van der Waals surface area contributed by atoms with Gasteiger partial charge in [-0.2, -0.15) is 5.01 Å². The van der Waals surface area contributed by atoms with E-state index in [-0.39, 0.29) is 32.2 Å². The molecule has 1 aliphatic carbocycles. The number of unbranched alkanes of at least 4 members (excludes halogenated alkanes) is 1. The zero-order chi connectivity index (χ0) is 37.2. The Kier molecular flexibility index (Phi) is 12.0. The van der Waals surface area contributed by atoms with Crippen LogP contribution >= 0.6 is 0 Å². The van der Waals surface area contributed by atoms with Gasteiger partial charge in [-0.3, -0.25) is 15.0 Å². The third kappa shape index (κ3) is 7.87. The molecular weight excluding hydrogens is 665 g/mol. The number of hydrogen-bond acceptors (Lipinski definition) is 7. The minimum Gasteiger partial charge on any atom is -0.484 e. The summed E-state index contributed by atoms with van der Waals surface area (Å²) >= 11 is 0. The highest BCUT2D eigenvalue weighted by atomic mass is 16.5. The lowest BCUT2D eigenvalue weighted by atomic mass is 9.87. The van der Waals surface area contributed by atoms with Crippen LogP contribution in [0, 0.1) is 0 Å². The summed E-state index contributed by atoms with van der Waals surface area (Å²) in [5, 5.41) is 1.24. The van der Waals surface area contributed by atoms with Gasteiger partial charge in [0.1, 0.15) is 12.4 Å². The fraction of sp³-hybridized carbons (Fsp3) is 0.250. The number of likely N-dealkylation sites (N-methyl/N-ethyl adjacent to an activating group) is 1. The first-order valence-electron chi connectivity index (χ1n) is 18.1. The maximum absolute atomic E-state index is 15.4. The summed E-state index contributed by atoms with van der Waals surface area (Å²) in [7, 11) is 1.68. The zero-order valence-corrected chi connectivity index (χ0v) is 30.2. The van der Waals surface area contributed by atoms with Gasteiger partial charge in [-0.1, -0.05) is 147 Å². The van der Waals surface area contributed by atoms with Gasteiger partial charge in [-0.15, -0.1) is 0 Å². The topological polar surface area (TPSA) is 114 Å². The van der Waals surface area contributed by atoms with Crippen LogP contribution in [0.3, 0.4) is 0 Å². The molecule has 1 aliphatic rings. The van der Waals surface area contributed by atoms with E-state index in [1.54, 1.807) is 36.2 Å². The first-order chi connectivity index (χ1) is 25.9. The molecule has 0 unspecified atom stereocenters. The molecule has 5 aromatic carbocycles. The van der Waals surface area contributed by atoms with Crippen LogP contribution in [-0.2, 0) is 19.1 Å². The first-order valence-corrected chi connectivity index (χ1v) is 18.1. The Morgan fingerprint density at radius 1 is 0.755 bits per heavy atom. The number of fused-ring (bicyclic) bond motifs is 3. The van der Waals surface area contributed by atoms with E-state index in [1.165, 1.54) is 5.01 Å². The molecule has 6 rings (SSSR count). The number of nitrogens with zero attached hydrogens (tertiary/aromatic N) is 2. The Bertz CT molecular complexity index is 1910. The Morgan fingerprint density at radius 3 is 1.79 bits per heavy atom. The summed E-state index contributed by atoms with van der Waals surface area (Å²) in [6.07, 6.45) is 1.17. The quantitative estimate of drug-likeness (QED) is 0.0499. The van der Waals surface area contributed by atoms with Crippen LogP contribution in [0.15, 0.2) is 140 Å². The smallest absolute Gasteiger partial charge is 0.338 e. The normalized spacial score (nSPS) is 13.2. The second kappa shape index (κ2) is 17.2. The van der Waals surface area contributed by atoms with Crippen LogP contribution < -0.4 is 15.9 Å². The summed E-state index contributed by atoms with van der Waals surface area (Å²) in [5.74, 6) is -1.68. The number of para-hydroxylation sites is 1. The molecule has 0 spiro atoms. The van der Waals surface area contributed by atoms with Crippen LogP contribution in [0.1, 0.15) is 60.4 Å².